The monoisotopic (exact) mass is 188 g/mol. The number of rotatable bonds is 6. The average molecular weight is 188 g/mol. The van der Waals surface area contributed by atoms with E-state index in [0.29, 0.717) is 5.78 Å². The van der Waals surface area contributed by atoms with E-state index in [4.69, 9.17) is 4.74 Å². The molecule has 0 bridgehead atoms. The maximum Gasteiger partial charge on any atom is 0.129 e. The molecule has 2 nitrogen and oxygen atoms in total. The highest BCUT2D eigenvalue weighted by atomic mass is 32.2. The van der Waals surface area contributed by atoms with Crippen LogP contribution in [-0.2, 0) is 9.53 Å². The number of ether oxygens (including phenoxy) is 1. The van der Waals surface area contributed by atoms with Crippen LogP contribution < -0.4 is 0 Å². The van der Waals surface area contributed by atoms with Gasteiger partial charge in [-0.1, -0.05) is 0 Å². The Labute approximate surface area is 78.1 Å². The molecule has 0 aromatic heterocycles. The summed E-state index contributed by atoms with van der Waals surface area (Å²) in [6.07, 6.45) is 2.97. The van der Waals surface area contributed by atoms with Gasteiger partial charge in [0.25, 0.3) is 0 Å². The number of Topliss-reactive ketones (excluding diaryl/α,β-unsaturated/α-hetero) is 1. The van der Waals surface area contributed by atoms with Crippen molar-refractivity contribution in [3.8, 4) is 0 Å². The minimum atomic E-state index is 0.312. The van der Waals surface area contributed by atoms with E-state index in [1.807, 2.05) is 11.8 Å². The normalized spacial score (nSPS) is 17.4. The second-order valence-corrected chi connectivity index (χ2v) is 4.60. The van der Waals surface area contributed by atoms with Crippen LogP contribution in [0.25, 0.3) is 0 Å². The van der Waals surface area contributed by atoms with Gasteiger partial charge in [-0.25, -0.2) is 0 Å². The van der Waals surface area contributed by atoms with Crippen molar-refractivity contribution in [2.45, 2.75) is 31.4 Å². The molecule has 70 valence electrons. The highest BCUT2D eigenvalue weighted by Crippen LogP contribution is 2.20. The van der Waals surface area contributed by atoms with E-state index in [1.54, 1.807) is 6.92 Å². The molecule has 1 saturated heterocycles. The van der Waals surface area contributed by atoms with Crippen molar-refractivity contribution in [2.24, 2.45) is 0 Å². The second kappa shape index (κ2) is 5.60. The molecule has 3 heteroatoms. The Kier molecular flexibility index (Phi) is 4.69. The first-order valence-electron chi connectivity index (χ1n) is 4.48. The van der Waals surface area contributed by atoms with Crippen LogP contribution in [0.4, 0.5) is 0 Å². The van der Waals surface area contributed by atoms with Gasteiger partial charge in [0.1, 0.15) is 5.78 Å². The molecule has 0 saturated carbocycles. The molecular formula is C9H16O2S. The summed E-state index contributed by atoms with van der Waals surface area (Å²) >= 11 is 1.98. The minimum Gasteiger partial charge on any atom is -0.379 e. The zero-order chi connectivity index (χ0) is 8.81. The topological polar surface area (TPSA) is 26.3 Å². The van der Waals surface area contributed by atoms with E-state index in [9.17, 15) is 4.79 Å². The minimum absolute atomic E-state index is 0.312. The van der Waals surface area contributed by atoms with Gasteiger partial charge in [0.05, 0.1) is 18.5 Å². The number of unbranched alkanes of at least 4 members (excludes halogenated alkanes) is 1. The summed E-state index contributed by atoms with van der Waals surface area (Å²) in [7, 11) is 0. The zero-order valence-electron chi connectivity index (χ0n) is 7.54. The molecule has 1 fully saturated rings. The Bertz CT molecular complexity index is 143. The lowest BCUT2D eigenvalue weighted by atomic mass is 10.2. The van der Waals surface area contributed by atoms with E-state index in [-0.39, 0.29) is 0 Å². The van der Waals surface area contributed by atoms with Crippen molar-refractivity contribution in [3.63, 3.8) is 0 Å². The average Bonchev–Trinajstić information content (AvgIpc) is 1.92. The van der Waals surface area contributed by atoms with Crippen LogP contribution in [0.2, 0.25) is 0 Å². The molecule has 1 rings (SSSR count). The Morgan fingerprint density at radius 2 is 2.25 bits per heavy atom. The van der Waals surface area contributed by atoms with Crippen LogP contribution in [0.1, 0.15) is 26.2 Å². The van der Waals surface area contributed by atoms with Crippen LogP contribution >= 0.6 is 11.8 Å². The summed E-state index contributed by atoms with van der Waals surface area (Å²) in [5, 5.41) is 0.738. The predicted molar refractivity (Wildman–Crippen MR) is 51.6 cm³/mol. The molecule has 0 aliphatic carbocycles. The Balaban J connectivity index is 1.79. The SMILES string of the molecule is CC(=O)CCCCSC1COC1. The molecule has 0 aromatic carbocycles. The maximum absolute atomic E-state index is 10.6. The first-order chi connectivity index (χ1) is 5.79. The molecule has 0 N–H and O–H groups in total. The van der Waals surface area contributed by atoms with Crippen LogP contribution in [-0.4, -0.2) is 30.0 Å². The van der Waals surface area contributed by atoms with Gasteiger partial charge in [-0.2, -0.15) is 11.8 Å². The molecule has 0 amide bonds. The molecular weight excluding hydrogens is 172 g/mol. The van der Waals surface area contributed by atoms with Gasteiger partial charge in [-0.05, 0) is 25.5 Å². The number of hydrogen-bond donors (Lipinski definition) is 0. The van der Waals surface area contributed by atoms with Crippen molar-refractivity contribution < 1.29 is 9.53 Å². The third-order valence-electron chi connectivity index (χ3n) is 1.88. The van der Waals surface area contributed by atoms with Gasteiger partial charge in [-0.15, -0.1) is 0 Å². The van der Waals surface area contributed by atoms with E-state index in [1.165, 1.54) is 12.2 Å². The fourth-order valence-electron chi connectivity index (χ4n) is 1.04. The molecule has 0 unspecified atom stereocenters. The van der Waals surface area contributed by atoms with E-state index in [0.717, 1.165) is 31.3 Å². The number of thioether (sulfide) groups is 1. The first kappa shape index (κ1) is 10.1. The van der Waals surface area contributed by atoms with Gasteiger partial charge < -0.3 is 9.53 Å². The molecule has 0 radical (unpaired) electrons. The lowest BCUT2D eigenvalue weighted by Gasteiger charge is -2.25. The molecule has 1 heterocycles. The van der Waals surface area contributed by atoms with Gasteiger partial charge in [0.2, 0.25) is 0 Å². The van der Waals surface area contributed by atoms with Crippen LogP contribution in [0.15, 0.2) is 0 Å². The van der Waals surface area contributed by atoms with E-state index < -0.39 is 0 Å². The zero-order valence-corrected chi connectivity index (χ0v) is 8.36. The van der Waals surface area contributed by atoms with Crippen molar-refractivity contribution in [1.29, 1.82) is 0 Å². The third kappa shape index (κ3) is 4.12. The highest BCUT2D eigenvalue weighted by Gasteiger charge is 2.17. The Morgan fingerprint density at radius 1 is 1.50 bits per heavy atom. The summed E-state index contributed by atoms with van der Waals surface area (Å²) < 4.78 is 5.06. The number of carbonyl (C=O) groups excluding carboxylic acids is 1. The summed E-state index contributed by atoms with van der Waals surface area (Å²) in [4.78, 5) is 10.6. The number of hydrogen-bond acceptors (Lipinski definition) is 3. The molecule has 0 aromatic rings. The fourth-order valence-corrected chi connectivity index (χ4v) is 2.13. The van der Waals surface area contributed by atoms with Gasteiger partial charge >= 0.3 is 0 Å². The smallest absolute Gasteiger partial charge is 0.129 e. The lowest BCUT2D eigenvalue weighted by molar-refractivity contribution is -0.117. The van der Waals surface area contributed by atoms with Gasteiger partial charge in [-0.3, -0.25) is 0 Å². The molecule has 1 aliphatic rings. The summed E-state index contributed by atoms with van der Waals surface area (Å²) in [6, 6.07) is 0. The molecule has 0 spiro atoms. The van der Waals surface area contributed by atoms with E-state index >= 15 is 0 Å². The molecule has 12 heavy (non-hydrogen) atoms. The summed E-state index contributed by atoms with van der Waals surface area (Å²) in [6.45, 7) is 3.52. The number of carbonyl (C=O) groups is 1. The standard InChI is InChI=1S/C9H16O2S/c1-8(10)4-2-3-5-12-9-6-11-7-9/h9H,2-7H2,1H3. The summed E-state index contributed by atoms with van der Waals surface area (Å²) in [5.74, 6) is 1.49. The third-order valence-corrected chi connectivity index (χ3v) is 3.15. The lowest BCUT2D eigenvalue weighted by Crippen LogP contribution is -2.30. The largest absolute Gasteiger partial charge is 0.379 e. The van der Waals surface area contributed by atoms with Crippen LogP contribution in [0.3, 0.4) is 0 Å². The van der Waals surface area contributed by atoms with Crippen molar-refractivity contribution >= 4 is 17.5 Å². The van der Waals surface area contributed by atoms with Crippen LogP contribution in [0, 0.1) is 0 Å². The molecule has 1 aliphatic heterocycles. The van der Waals surface area contributed by atoms with Crippen molar-refractivity contribution in [2.75, 3.05) is 19.0 Å². The number of ketones is 1. The highest BCUT2D eigenvalue weighted by molar-refractivity contribution is 8.00. The second-order valence-electron chi connectivity index (χ2n) is 3.19. The van der Waals surface area contributed by atoms with Crippen LogP contribution in [0.5, 0.6) is 0 Å². The predicted octanol–water partition coefficient (Wildman–Crippen LogP) is 1.88. The van der Waals surface area contributed by atoms with Gasteiger partial charge in [0.15, 0.2) is 0 Å². The van der Waals surface area contributed by atoms with Crippen molar-refractivity contribution in [1.82, 2.24) is 0 Å². The quantitative estimate of drug-likeness (QED) is 0.595. The first-order valence-corrected chi connectivity index (χ1v) is 5.52. The Morgan fingerprint density at radius 3 is 2.75 bits per heavy atom. The summed E-state index contributed by atoms with van der Waals surface area (Å²) in [5.41, 5.74) is 0. The van der Waals surface area contributed by atoms with Gasteiger partial charge in [0, 0.05) is 6.42 Å². The Hall–Kier alpha value is -0.0200. The van der Waals surface area contributed by atoms with E-state index in [2.05, 4.69) is 0 Å². The molecule has 0 atom stereocenters. The maximum atomic E-state index is 10.6. The fraction of sp³-hybridized carbons (Fsp3) is 0.889. The van der Waals surface area contributed by atoms with Crippen molar-refractivity contribution in [3.05, 3.63) is 0 Å².